The van der Waals surface area contributed by atoms with Gasteiger partial charge in [-0.05, 0) is 38.5 Å². The monoisotopic (exact) mass is 289 g/mol. The SMILES string of the molecule is CC[C@@H](C)[NH2+][C@H](C)C(=O)Nc1ccc(Cl)cc1Cl. The van der Waals surface area contributed by atoms with Crippen molar-refractivity contribution in [1.29, 1.82) is 0 Å². The first kappa shape index (κ1) is 15.3. The van der Waals surface area contributed by atoms with Crippen molar-refractivity contribution in [2.24, 2.45) is 0 Å². The van der Waals surface area contributed by atoms with Crippen LogP contribution in [0.4, 0.5) is 5.69 Å². The number of carbonyl (C=O) groups is 1. The van der Waals surface area contributed by atoms with Crippen molar-refractivity contribution < 1.29 is 10.1 Å². The van der Waals surface area contributed by atoms with Crippen LogP contribution in [0.5, 0.6) is 0 Å². The number of hydrogen-bond acceptors (Lipinski definition) is 1. The van der Waals surface area contributed by atoms with Gasteiger partial charge in [0.15, 0.2) is 6.04 Å². The molecule has 0 aromatic heterocycles. The van der Waals surface area contributed by atoms with Crippen LogP contribution in [0.2, 0.25) is 10.0 Å². The van der Waals surface area contributed by atoms with Crippen molar-refractivity contribution in [1.82, 2.24) is 0 Å². The Morgan fingerprint density at radius 2 is 2.06 bits per heavy atom. The number of halogens is 2. The topological polar surface area (TPSA) is 45.7 Å². The molecule has 1 rings (SSSR count). The van der Waals surface area contributed by atoms with E-state index in [0.29, 0.717) is 21.8 Å². The van der Waals surface area contributed by atoms with Gasteiger partial charge in [-0.1, -0.05) is 30.1 Å². The molecule has 18 heavy (non-hydrogen) atoms. The number of nitrogens with one attached hydrogen (secondary N) is 1. The molecule has 0 spiro atoms. The van der Waals surface area contributed by atoms with E-state index in [0.717, 1.165) is 6.42 Å². The van der Waals surface area contributed by atoms with E-state index in [4.69, 9.17) is 23.2 Å². The van der Waals surface area contributed by atoms with Crippen LogP contribution in [0, 0.1) is 0 Å². The van der Waals surface area contributed by atoms with Gasteiger partial charge in [-0.25, -0.2) is 0 Å². The van der Waals surface area contributed by atoms with Gasteiger partial charge >= 0.3 is 0 Å². The molecule has 5 heteroatoms. The Balaban J connectivity index is 2.64. The molecule has 100 valence electrons. The zero-order valence-electron chi connectivity index (χ0n) is 10.8. The van der Waals surface area contributed by atoms with Gasteiger partial charge in [0.1, 0.15) is 0 Å². The zero-order chi connectivity index (χ0) is 13.7. The third kappa shape index (κ3) is 4.48. The Kier molecular flexibility index (Phi) is 5.93. The van der Waals surface area contributed by atoms with Gasteiger partial charge < -0.3 is 10.6 Å². The van der Waals surface area contributed by atoms with E-state index in [1.54, 1.807) is 18.2 Å². The van der Waals surface area contributed by atoms with Gasteiger partial charge in [0, 0.05) is 5.02 Å². The highest BCUT2D eigenvalue weighted by molar-refractivity contribution is 6.36. The van der Waals surface area contributed by atoms with Crippen LogP contribution in [0.3, 0.4) is 0 Å². The van der Waals surface area contributed by atoms with E-state index in [2.05, 4.69) is 19.2 Å². The van der Waals surface area contributed by atoms with Crippen LogP contribution in [0.1, 0.15) is 27.2 Å². The molecule has 2 atom stereocenters. The van der Waals surface area contributed by atoms with E-state index in [1.807, 2.05) is 12.2 Å². The summed E-state index contributed by atoms with van der Waals surface area (Å²) < 4.78 is 0. The Bertz CT molecular complexity index is 423. The highest BCUT2D eigenvalue weighted by Crippen LogP contribution is 2.25. The molecule has 0 heterocycles. The summed E-state index contributed by atoms with van der Waals surface area (Å²) in [5, 5.41) is 5.85. The van der Waals surface area contributed by atoms with Crippen LogP contribution in [0.25, 0.3) is 0 Å². The van der Waals surface area contributed by atoms with Crippen molar-refractivity contribution in [2.45, 2.75) is 39.3 Å². The number of carbonyl (C=O) groups excluding carboxylic acids is 1. The van der Waals surface area contributed by atoms with Gasteiger partial charge in [-0.3, -0.25) is 4.79 Å². The molecule has 0 unspecified atom stereocenters. The summed E-state index contributed by atoms with van der Waals surface area (Å²) in [5.74, 6) is -0.0560. The van der Waals surface area contributed by atoms with Crippen LogP contribution in [-0.4, -0.2) is 18.0 Å². The quantitative estimate of drug-likeness (QED) is 0.860. The Morgan fingerprint density at radius 1 is 1.39 bits per heavy atom. The van der Waals surface area contributed by atoms with Crippen LogP contribution >= 0.6 is 23.2 Å². The molecule has 0 bridgehead atoms. The lowest BCUT2D eigenvalue weighted by Crippen LogP contribution is -2.95. The minimum Gasteiger partial charge on any atom is -0.334 e. The number of amides is 1. The number of anilines is 1. The average Bonchev–Trinajstić information content (AvgIpc) is 2.32. The van der Waals surface area contributed by atoms with E-state index >= 15 is 0 Å². The predicted molar refractivity (Wildman–Crippen MR) is 76.2 cm³/mol. The maximum Gasteiger partial charge on any atom is 0.282 e. The molecule has 0 saturated carbocycles. The fraction of sp³-hybridized carbons (Fsp3) is 0.462. The van der Waals surface area contributed by atoms with E-state index in [1.165, 1.54) is 0 Å². The second-order valence-corrected chi connectivity index (χ2v) is 5.32. The lowest BCUT2D eigenvalue weighted by Gasteiger charge is -2.15. The highest BCUT2D eigenvalue weighted by atomic mass is 35.5. The standard InChI is InChI=1S/C13H18Cl2N2O/c1-4-8(2)16-9(3)13(18)17-12-6-5-10(14)7-11(12)15/h5-9,16H,4H2,1-3H3,(H,17,18)/p+1/t8-,9-/m1/s1. The molecule has 1 amide bonds. The number of hydrogen-bond donors (Lipinski definition) is 2. The first-order valence-electron chi connectivity index (χ1n) is 6.05. The number of rotatable bonds is 5. The predicted octanol–water partition coefficient (Wildman–Crippen LogP) is 2.68. The fourth-order valence-electron chi connectivity index (χ4n) is 1.55. The van der Waals surface area contributed by atoms with Gasteiger partial charge in [0.25, 0.3) is 5.91 Å². The van der Waals surface area contributed by atoms with Gasteiger partial charge in [-0.2, -0.15) is 0 Å². The molecule has 0 aliphatic rings. The third-order valence-electron chi connectivity index (χ3n) is 2.86. The average molecular weight is 290 g/mol. The second-order valence-electron chi connectivity index (χ2n) is 4.48. The molecule has 0 radical (unpaired) electrons. The van der Waals surface area contributed by atoms with E-state index in [-0.39, 0.29) is 11.9 Å². The van der Waals surface area contributed by atoms with E-state index < -0.39 is 0 Å². The molecule has 3 N–H and O–H groups in total. The molecule has 0 saturated heterocycles. The van der Waals surface area contributed by atoms with Crippen molar-refractivity contribution in [3.05, 3.63) is 28.2 Å². The summed E-state index contributed by atoms with van der Waals surface area (Å²) in [4.78, 5) is 12.0. The normalized spacial score (nSPS) is 14.1. The Labute approximate surface area is 118 Å². The largest absolute Gasteiger partial charge is 0.334 e. The Morgan fingerprint density at radius 3 is 2.61 bits per heavy atom. The molecule has 3 nitrogen and oxygen atoms in total. The molecule has 0 aliphatic carbocycles. The fourth-order valence-corrected chi connectivity index (χ4v) is 2.01. The van der Waals surface area contributed by atoms with Crippen molar-refractivity contribution in [3.63, 3.8) is 0 Å². The lowest BCUT2D eigenvalue weighted by molar-refractivity contribution is -0.703. The van der Waals surface area contributed by atoms with Crippen molar-refractivity contribution >= 4 is 34.8 Å². The molecule has 1 aromatic rings. The second kappa shape index (κ2) is 6.98. The zero-order valence-corrected chi connectivity index (χ0v) is 12.3. The summed E-state index contributed by atoms with van der Waals surface area (Å²) in [6, 6.07) is 5.30. The number of quaternary nitrogens is 1. The summed E-state index contributed by atoms with van der Waals surface area (Å²) in [6.45, 7) is 6.08. The van der Waals surface area contributed by atoms with Gasteiger partial charge in [-0.15, -0.1) is 0 Å². The summed E-state index contributed by atoms with van der Waals surface area (Å²) in [6.07, 6.45) is 1.03. The molecule has 1 aromatic carbocycles. The van der Waals surface area contributed by atoms with Gasteiger partial charge in [0.05, 0.1) is 16.8 Å². The Hall–Kier alpha value is -0.770. The van der Waals surface area contributed by atoms with Crippen LogP contribution in [0.15, 0.2) is 18.2 Å². The lowest BCUT2D eigenvalue weighted by atomic mass is 10.2. The first-order valence-corrected chi connectivity index (χ1v) is 6.80. The number of nitrogens with two attached hydrogens (primary N) is 1. The number of benzene rings is 1. The molecular formula is C13H19Cl2N2O+. The maximum absolute atomic E-state index is 12.0. The van der Waals surface area contributed by atoms with Crippen molar-refractivity contribution in [3.8, 4) is 0 Å². The minimum atomic E-state index is -0.147. The first-order chi connectivity index (χ1) is 8.43. The van der Waals surface area contributed by atoms with Crippen LogP contribution in [-0.2, 0) is 4.79 Å². The van der Waals surface area contributed by atoms with Gasteiger partial charge in [0.2, 0.25) is 0 Å². The van der Waals surface area contributed by atoms with Crippen molar-refractivity contribution in [2.75, 3.05) is 5.32 Å². The summed E-state index contributed by atoms with van der Waals surface area (Å²) in [7, 11) is 0. The summed E-state index contributed by atoms with van der Waals surface area (Å²) >= 11 is 11.8. The third-order valence-corrected chi connectivity index (χ3v) is 3.41. The molecule has 0 aliphatic heterocycles. The molecular weight excluding hydrogens is 271 g/mol. The van der Waals surface area contributed by atoms with Crippen LogP contribution < -0.4 is 10.6 Å². The summed E-state index contributed by atoms with van der Waals surface area (Å²) in [5.41, 5.74) is 0.593. The smallest absolute Gasteiger partial charge is 0.282 e. The minimum absolute atomic E-state index is 0.0560. The molecule has 0 fully saturated rings. The maximum atomic E-state index is 12.0. The highest BCUT2D eigenvalue weighted by Gasteiger charge is 2.19. The van der Waals surface area contributed by atoms with E-state index in [9.17, 15) is 4.79 Å².